The Bertz CT molecular complexity index is 554. The molecule has 1 heterocycles. The SMILES string of the molecule is Clc1ccnc2ccc(C#CCBr)cc12. The summed E-state index contributed by atoms with van der Waals surface area (Å²) >= 11 is 9.32. The topological polar surface area (TPSA) is 12.9 Å². The van der Waals surface area contributed by atoms with E-state index in [2.05, 4.69) is 32.8 Å². The molecule has 0 fully saturated rings. The first kappa shape index (κ1) is 10.5. The number of fused-ring (bicyclic) bond motifs is 1. The van der Waals surface area contributed by atoms with Crippen LogP contribution in [0.1, 0.15) is 5.56 Å². The summed E-state index contributed by atoms with van der Waals surface area (Å²) in [4.78, 5) is 4.22. The van der Waals surface area contributed by atoms with Gasteiger partial charge in [0.1, 0.15) is 0 Å². The first-order valence-electron chi connectivity index (χ1n) is 4.40. The van der Waals surface area contributed by atoms with Gasteiger partial charge in [-0.15, -0.1) is 0 Å². The van der Waals surface area contributed by atoms with Crippen molar-refractivity contribution in [3.8, 4) is 11.8 Å². The van der Waals surface area contributed by atoms with Crippen molar-refractivity contribution in [2.24, 2.45) is 0 Å². The molecule has 0 bridgehead atoms. The summed E-state index contributed by atoms with van der Waals surface area (Å²) in [7, 11) is 0. The minimum atomic E-state index is 0.672. The zero-order valence-electron chi connectivity index (χ0n) is 7.80. The van der Waals surface area contributed by atoms with Crippen molar-refractivity contribution in [1.82, 2.24) is 4.98 Å². The van der Waals surface area contributed by atoms with Crippen LogP contribution in [0.15, 0.2) is 30.5 Å². The molecule has 0 spiro atoms. The van der Waals surface area contributed by atoms with E-state index in [4.69, 9.17) is 11.6 Å². The summed E-state index contributed by atoms with van der Waals surface area (Å²) in [6, 6.07) is 7.62. The molecule has 74 valence electrons. The van der Waals surface area contributed by atoms with Crippen LogP contribution in [-0.4, -0.2) is 10.3 Å². The van der Waals surface area contributed by atoms with Gasteiger partial charge in [-0.25, -0.2) is 0 Å². The number of pyridine rings is 1. The van der Waals surface area contributed by atoms with Gasteiger partial charge in [-0.3, -0.25) is 4.98 Å². The molecule has 0 aliphatic heterocycles. The fourth-order valence-corrected chi connectivity index (χ4v) is 1.67. The normalized spacial score (nSPS) is 9.73. The second-order valence-electron chi connectivity index (χ2n) is 2.96. The highest BCUT2D eigenvalue weighted by Crippen LogP contribution is 2.22. The Morgan fingerprint density at radius 3 is 3.00 bits per heavy atom. The fourth-order valence-electron chi connectivity index (χ4n) is 1.33. The third-order valence-electron chi connectivity index (χ3n) is 1.99. The van der Waals surface area contributed by atoms with Crippen LogP contribution < -0.4 is 0 Å². The number of hydrogen-bond acceptors (Lipinski definition) is 1. The minimum absolute atomic E-state index is 0.672. The molecule has 0 aliphatic rings. The van der Waals surface area contributed by atoms with E-state index in [-0.39, 0.29) is 0 Å². The molecule has 1 aromatic carbocycles. The van der Waals surface area contributed by atoms with Gasteiger partial charge in [-0.1, -0.05) is 39.4 Å². The molecular formula is C12H7BrClN. The van der Waals surface area contributed by atoms with Gasteiger partial charge in [-0.2, -0.15) is 0 Å². The summed E-state index contributed by atoms with van der Waals surface area (Å²) < 4.78 is 0. The number of alkyl halides is 1. The van der Waals surface area contributed by atoms with Gasteiger partial charge in [0.05, 0.1) is 15.9 Å². The van der Waals surface area contributed by atoms with Gasteiger partial charge in [0.15, 0.2) is 0 Å². The maximum atomic E-state index is 6.07. The first-order chi connectivity index (χ1) is 7.31. The molecule has 1 nitrogen and oxygen atoms in total. The lowest BCUT2D eigenvalue weighted by Crippen LogP contribution is -1.81. The van der Waals surface area contributed by atoms with E-state index >= 15 is 0 Å². The van der Waals surface area contributed by atoms with Gasteiger partial charge in [0, 0.05) is 17.1 Å². The second kappa shape index (κ2) is 4.65. The predicted molar refractivity (Wildman–Crippen MR) is 67.4 cm³/mol. The van der Waals surface area contributed by atoms with Crippen LogP contribution in [0.5, 0.6) is 0 Å². The molecule has 15 heavy (non-hydrogen) atoms. The zero-order valence-corrected chi connectivity index (χ0v) is 10.1. The minimum Gasteiger partial charge on any atom is -0.256 e. The first-order valence-corrected chi connectivity index (χ1v) is 5.90. The van der Waals surface area contributed by atoms with Gasteiger partial charge < -0.3 is 0 Å². The van der Waals surface area contributed by atoms with E-state index in [0.717, 1.165) is 16.5 Å². The molecule has 3 heteroatoms. The van der Waals surface area contributed by atoms with Crippen LogP contribution in [0.3, 0.4) is 0 Å². The summed E-state index contributed by atoms with van der Waals surface area (Å²) in [5.74, 6) is 5.98. The van der Waals surface area contributed by atoms with Crippen LogP contribution in [0.25, 0.3) is 10.9 Å². The van der Waals surface area contributed by atoms with Crippen molar-refractivity contribution < 1.29 is 0 Å². The zero-order chi connectivity index (χ0) is 10.7. The number of aromatic nitrogens is 1. The Balaban J connectivity index is 2.59. The number of hydrogen-bond donors (Lipinski definition) is 0. The fraction of sp³-hybridized carbons (Fsp3) is 0.0833. The van der Waals surface area contributed by atoms with Crippen molar-refractivity contribution in [2.45, 2.75) is 0 Å². The Morgan fingerprint density at radius 2 is 2.20 bits per heavy atom. The van der Waals surface area contributed by atoms with Crippen molar-refractivity contribution in [3.05, 3.63) is 41.0 Å². The molecule has 0 amide bonds. The number of benzene rings is 1. The molecule has 0 unspecified atom stereocenters. The number of rotatable bonds is 0. The van der Waals surface area contributed by atoms with E-state index in [1.165, 1.54) is 0 Å². The molecule has 0 N–H and O–H groups in total. The molecule has 0 saturated carbocycles. The molecule has 0 radical (unpaired) electrons. The Labute approximate surface area is 102 Å². The molecule has 2 rings (SSSR count). The van der Waals surface area contributed by atoms with E-state index in [0.29, 0.717) is 10.4 Å². The smallest absolute Gasteiger partial charge is 0.0717 e. The van der Waals surface area contributed by atoms with Crippen molar-refractivity contribution in [3.63, 3.8) is 0 Å². The monoisotopic (exact) mass is 279 g/mol. The second-order valence-corrected chi connectivity index (χ2v) is 3.93. The molecule has 2 aromatic rings. The molecule has 1 aromatic heterocycles. The van der Waals surface area contributed by atoms with E-state index in [1.54, 1.807) is 12.3 Å². The third kappa shape index (κ3) is 2.31. The van der Waals surface area contributed by atoms with Crippen LogP contribution in [0, 0.1) is 11.8 Å². The Kier molecular flexibility index (Phi) is 3.25. The van der Waals surface area contributed by atoms with Crippen molar-refractivity contribution in [1.29, 1.82) is 0 Å². The van der Waals surface area contributed by atoms with E-state index in [9.17, 15) is 0 Å². The van der Waals surface area contributed by atoms with Gasteiger partial charge in [0.2, 0.25) is 0 Å². The lowest BCUT2D eigenvalue weighted by Gasteiger charge is -1.99. The van der Waals surface area contributed by atoms with Gasteiger partial charge in [-0.05, 0) is 24.3 Å². The number of nitrogens with zero attached hydrogens (tertiary/aromatic N) is 1. The maximum absolute atomic E-state index is 6.07. The predicted octanol–water partition coefficient (Wildman–Crippen LogP) is 3.63. The van der Waals surface area contributed by atoms with Gasteiger partial charge in [0.25, 0.3) is 0 Å². The molecule has 0 aliphatic carbocycles. The highest BCUT2D eigenvalue weighted by molar-refractivity contribution is 9.09. The Hall–Kier alpha value is -1.04. The quantitative estimate of drug-likeness (QED) is 0.530. The summed E-state index contributed by atoms with van der Waals surface area (Å²) in [6.07, 6.45) is 1.70. The third-order valence-corrected chi connectivity index (χ3v) is 2.60. The van der Waals surface area contributed by atoms with Gasteiger partial charge >= 0.3 is 0 Å². The van der Waals surface area contributed by atoms with Crippen LogP contribution in [-0.2, 0) is 0 Å². The summed E-state index contributed by atoms with van der Waals surface area (Å²) in [5, 5.41) is 2.33. The standard InChI is InChI=1S/C12H7BrClN/c13-6-1-2-9-3-4-12-10(8-9)11(14)5-7-15-12/h3-5,7-8H,6H2. The van der Waals surface area contributed by atoms with E-state index in [1.807, 2.05) is 18.2 Å². The van der Waals surface area contributed by atoms with E-state index < -0.39 is 0 Å². The van der Waals surface area contributed by atoms with Crippen molar-refractivity contribution in [2.75, 3.05) is 5.33 Å². The molecular weight excluding hydrogens is 273 g/mol. The molecule has 0 atom stereocenters. The van der Waals surface area contributed by atoms with Crippen LogP contribution in [0.4, 0.5) is 0 Å². The summed E-state index contributed by atoms with van der Waals surface area (Å²) in [5.41, 5.74) is 1.85. The Morgan fingerprint density at radius 1 is 1.33 bits per heavy atom. The highest BCUT2D eigenvalue weighted by Gasteiger charge is 1.99. The largest absolute Gasteiger partial charge is 0.256 e. The van der Waals surface area contributed by atoms with Crippen LogP contribution >= 0.6 is 27.5 Å². The average Bonchev–Trinajstić information content (AvgIpc) is 2.27. The van der Waals surface area contributed by atoms with Crippen molar-refractivity contribution >= 4 is 38.4 Å². The lowest BCUT2D eigenvalue weighted by molar-refractivity contribution is 1.41. The van der Waals surface area contributed by atoms with Crippen LogP contribution in [0.2, 0.25) is 5.02 Å². The number of halogens is 2. The molecule has 0 saturated heterocycles. The summed E-state index contributed by atoms with van der Waals surface area (Å²) in [6.45, 7) is 0. The highest BCUT2D eigenvalue weighted by atomic mass is 79.9. The lowest BCUT2D eigenvalue weighted by atomic mass is 10.1. The average molecular weight is 281 g/mol. The maximum Gasteiger partial charge on any atom is 0.0717 e.